The highest BCUT2D eigenvalue weighted by atomic mass is 16.5. The third kappa shape index (κ3) is 2.33. The average molecular weight is 209 g/mol. The first kappa shape index (κ1) is 10.1. The molecule has 1 fully saturated rings. The Balaban J connectivity index is 2.06. The van der Waals surface area contributed by atoms with Crippen LogP contribution in [0.3, 0.4) is 0 Å². The molecule has 1 aliphatic heterocycles. The second kappa shape index (κ2) is 4.40. The van der Waals surface area contributed by atoms with Crippen LogP contribution in [0.4, 0.5) is 0 Å². The van der Waals surface area contributed by atoms with E-state index in [2.05, 4.69) is 5.32 Å². The van der Waals surface area contributed by atoms with Crippen LogP contribution in [0.15, 0.2) is 18.2 Å². The molecule has 4 heteroatoms. The number of aromatic hydroxyl groups is 2. The highest BCUT2D eigenvalue weighted by Gasteiger charge is 2.16. The van der Waals surface area contributed by atoms with Gasteiger partial charge < -0.3 is 20.3 Å². The summed E-state index contributed by atoms with van der Waals surface area (Å²) in [5.41, 5.74) is 0. The monoisotopic (exact) mass is 209 g/mol. The zero-order chi connectivity index (χ0) is 10.7. The van der Waals surface area contributed by atoms with Gasteiger partial charge in [-0.15, -0.1) is 0 Å². The molecule has 0 amide bonds. The molecule has 3 N–H and O–H groups in total. The summed E-state index contributed by atoms with van der Waals surface area (Å²) in [6.45, 7) is 1.87. The number of hydrogen-bond donors (Lipinski definition) is 3. The minimum atomic E-state index is -0.170. The lowest BCUT2D eigenvalue weighted by molar-refractivity contribution is 0.156. The van der Waals surface area contributed by atoms with E-state index >= 15 is 0 Å². The molecule has 0 spiro atoms. The number of phenolic OH excluding ortho intramolecular Hbond substituents is 2. The van der Waals surface area contributed by atoms with E-state index in [9.17, 15) is 10.2 Å². The second-order valence-electron chi connectivity index (χ2n) is 3.69. The van der Waals surface area contributed by atoms with E-state index in [1.165, 1.54) is 6.07 Å². The zero-order valence-electron chi connectivity index (χ0n) is 8.44. The van der Waals surface area contributed by atoms with Crippen LogP contribution in [-0.4, -0.2) is 29.4 Å². The molecule has 15 heavy (non-hydrogen) atoms. The Morgan fingerprint density at radius 3 is 2.67 bits per heavy atom. The van der Waals surface area contributed by atoms with Crippen molar-refractivity contribution in [2.75, 3.05) is 13.1 Å². The van der Waals surface area contributed by atoms with Crippen LogP contribution in [0.2, 0.25) is 0 Å². The highest BCUT2D eigenvalue weighted by molar-refractivity contribution is 5.48. The highest BCUT2D eigenvalue weighted by Crippen LogP contribution is 2.35. The van der Waals surface area contributed by atoms with Crippen LogP contribution in [0.5, 0.6) is 17.2 Å². The van der Waals surface area contributed by atoms with Gasteiger partial charge in [0.05, 0.1) is 0 Å². The Bertz CT molecular complexity index is 335. The smallest absolute Gasteiger partial charge is 0.200 e. The van der Waals surface area contributed by atoms with Crippen LogP contribution in [0, 0.1) is 0 Å². The van der Waals surface area contributed by atoms with E-state index in [1.54, 1.807) is 12.1 Å². The Morgan fingerprint density at radius 2 is 1.93 bits per heavy atom. The Labute approximate surface area is 88.5 Å². The van der Waals surface area contributed by atoms with Crippen LogP contribution >= 0.6 is 0 Å². The van der Waals surface area contributed by atoms with Crippen molar-refractivity contribution in [3.8, 4) is 17.2 Å². The molecule has 0 aromatic heterocycles. The van der Waals surface area contributed by atoms with Crippen molar-refractivity contribution in [3.05, 3.63) is 18.2 Å². The lowest BCUT2D eigenvalue weighted by Crippen LogP contribution is -2.34. The molecule has 1 aromatic rings. The fraction of sp³-hybridized carbons (Fsp3) is 0.455. The number of piperidine rings is 1. The number of benzene rings is 1. The van der Waals surface area contributed by atoms with Gasteiger partial charge in [0.25, 0.3) is 0 Å². The van der Waals surface area contributed by atoms with E-state index < -0.39 is 0 Å². The summed E-state index contributed by atoms with van der Waals surface area (Å²) in [5, 5.41) is 22.1. The van der Waals surface area contributed by atoms with Gasteiger partial charge in [-0.25, -0.2) is 0 Å². The largest absolute Gasteiger partial charge is 0.504 e. The van der Waals surface area contributed by atoms with Crippen LogP contribution < -0.4 is 10.1 Å². The van der Waals surface area contributed by atoms with E-state index in [4.69, 9.17) is 4.74 Å². The number of ether oxygens (including phenoxy) is 1. The van der Waals surface area contributed by atoms with E-state index in [0.717, 1.165) is 25.9 Å². The number of hydrogen-bond acceptors (Lipinski definition) is 4. The second-order valence-corrected chi connectivity index (χ2v) is 3.69. The van der Waals surface area contributed by atoms with E-state index in [1.807, 2.05) is 0 Å². The SMILES string of the molecule is Oc1cccc(OC2CCNCC2)c1O. The maximum Gasteiger partial charge on any atom is 0.200 e. The molecule has 1 saturated heterocycles. The molecule has 0 saturated carbocycles. The number of nitrogens with one attached hydrogen (secondary N) is 1. The summed E-state index contributed by atoms with van der Waals surface area (Å²) in [7, 11) is 0. The summed E-state index contributed by atoms with van der Waals surface area (Å²) in [6, 6.07) is 4.76. The molecule has 2 rings (SSSR count). The fourth-order valence-corrected chi connectivity index (χ4v) is 1.70. The van der Waals surface area contributed by atoms with Crippen molar-refractivity contribution in [3.63, 3.8) is 0 Å². The first-order valence-electron chi connectivity index (χ1n) is 5.15. The van der Waals surface area contributed by atoms with E-state index in [-0.39, 0.29) is 17.6 Å². The Hall–Kier alpha value is -1.42. The normalized spacial score (nSPS) is 17.6. The third-order valence-electron chi connectivity index (χ3n) is 2.56. The quantitative estimate of drug-likeness (QED) is 0.641. The molecular formula is C11H15NO3. The predicted molar refractivity (Wildman–Crippen MR) is 56.3 cm³/mol. The first-order valence-corrected chi connectivity index (χ1v) is 5.15. The molecule has 0 radical (unpaired) electrons. The van der Waals surface area contributed by atoms with Gasteiger partial charge in [0.2, 0.25) is 5.75 Å². The molecule has 0 aliphatic carbocycles. The van der Waals surface area contributed by atoms with Crippen molar-refractivity contribution in [1.82, 2.24) is 5.32 Å². The maximum atomic E-state index is 9.54. The minimum absolute atomic E-state index is 0.124. The molecule has 0 bridgehead atoms. The van der Waals surface area contributed by atoms with Crippen molar-refractivity contribution in [2.45, 2.75) is 18.9 Å². The standard InChI is InChI=1S/C11H15NO3/c13-9-2-1-3-10(11(9)14)15-8-4-6-12-7-5-8/h1-3,8,12-14H,4-7H2. The molecule has 1 aromatic carbocycles. The first-order chi connectivity index (χ1) is 7.27. The molecule has 1 aliphatic rings. The van der Waals surface area contributed by atoms with Gasteiger partial charge in [0.1, 0.15) is 6.10 Å². The number of phenols is 2. The van der Waals surface area contributed by atoms with E-state index in [0.29, 0.717) is 5.75 Å². The number of rotatable bonds is 2. The minimum Gasteiger partial charge on any atom is -0.504 e. The zero-order valence-corrected chi connectivity index (χ0v) is 8.44. The van der Waals surface area contributed by atoms with Crippen molar-refractivity contribution in [1.29, 1.82) is 0 Å². The average Bonchev–Trinajstić information content (AvgIpc) is 2.26. The molecule has 82 valence electrons. The third-order valence-corrected chi connectivity index (χ3v) is 2.56. The van der Waals surface area contributed by atoms with Gasteiger partial charge in [-0.3, -0.25) is 0 Å². The van der Waals surface area contributed by atoms with Gasteiger partial charge in [-0.05, 0) is 38.1 Å². The van der Waals surface area contributed by atoms with Crippen molar-refractivity contribution < 1.29 is 14.9 Å². The molecule has 0 atom stereocenters. The number of para-hydroxylation sites is 1. The summed E-state index contributed by atoms with van der Waals surface area (Å²) >= 11 is 0. The van der Waals surface area contributed by atoms with Crippen LogP contribution in [0.1, 0.15) is 12.8 Å². The topological polar surface area (TPSA) is 61.7 Å². The lowest BCUT2D eigenvalue weighted by Gasteiger charge is -2.24. The Kier molecular flexibility index (Phi) is 2.97. The van der Waals surface area contributed by atoms with Crippen molar-refractivity contribution >= 4 is 0 Å². The summed E-state index contributed by atoms with van der Waals surface area (Å²) in [6.07, 6.45) is 1.98. The lowest BCUT2D eigenvalue weighted by atomic mass is 10.1. The fourth-order valence-electron chi connectivity index (χ4n) is 1.70. The van der Waals surface area contributed by atoms with Gasteiger partial charge in [0, 0.05) is 0 Å². The Morgan fingerprint density at radius 1 is 1.20 bits per heavy atom. The summed E-state index contributed by atoms with van der Waals surface area (Å²) in [5.74, 6) is 0.0550. The molecule has 4 nitrogen and oxygen atoms in total. The molecular weight excluding hydrogens is 194 g/mol. The van der Waals surface area contributed by atoms with Crippen LogP contribution in [-0.2, 0) is 0 Å². The van der Waals surface area contributed by atoms with Gasteiger partial charge >= 0.3 is 0 Å². The van der Waals surface area contributed by atoms with Gasteiger partial charge in [-0.1, -0.05) is 6.07 Å². The molecule has 1 heterocycles. The summed E-state index contributed by atoms with van der Waals surface area (Å²) in [4.78, 5) is 0. The van der Waals surface area contributed by atoms with Crippen LogP contribution in [0.25, 0.3) is 0 Å². The predicted octanol–water partition coefficient (Wildman–Crippen LogP) is 1.23. The molecule has 0 unspecified atom stereocenters. The van der Waals surface area contributed by atoms with Crippen molar-refractivity contribution in [2.24, 2.45) is 0 Å². The van der Waals surface area contributed by atoms with Gasteiger partial charge in [-0.2, -0.15) is 0 Å². The summed E-state index contributed by atoms with van der Waals surface area (Å²) < 4.78 is 5.62. The van der Waals surface area contributed by atoms with Gasteiger partial charge in [0.15, 0.2) is 11.5 Å². The maximum absolute atomic E-state index is 9.54.